The number of aromatic carboxylic acids is 1. The van der Waals surface area contributed by atoms with Gasteiger partial charge in [0.1, 0.15) is 12.2 Å². The maximum Gasteiger partial charge on any atom is 0.363 e. The summed E-state index contributed by atoms with van der Waals surface area (Å²) in [7, 11) is 0. The summed E-state index contributed by atoms with van der Waals surface area (Å²) in [4.78, 5) is 32.3. The van der Waals surface area contributed by atoms with Gasteiger partial charge >= 0.3 is 11.7 Å². The van der Waals surface area contributed by atoms with Crippen LogP contribution in [0.25, 0.3) is 0 Å². The zero-order valence-corrected chi connectivity index (χ0v) is 10.1. The lowest BCUT2D eigenvalue weighted by atomic mass is 10.3. The molecule has 0 aliphatic heterocycles. The summed E-state index contributed by atoms with van der Waals surface area (Å²) >= 11 is 0. The standard InChI is InChI=1S/C10H12N4O5/c1-3-4-11-9(15)6(2)13-5-7(14(18)19)8(12-13)10(16)17/h3,5-6H,1,4H2,2H3,(H,11,15)(H,16,17). The number of carboxylic acids is 1. The first kappa shape index (κ1) is 14.4. The van der Waals surface area contributed by atoms with Crippen LogP contribution in [0.3, 0.4) is 0 Å². The fourth-order valence-electron chi connectivity index (χ4n) is 1.31. The second-order valence-corrected chi connectivity index (χ2v) is 3.62. The third-order valence-electron chi connectivity index (χ3n) is 2.31. The highest BCUT2D eigenvalue weighted by atomic mass is 16.6. The van der Waals surface area contributed by atoms with Gasteiger partial charge in [-0.15, -0.1) is 6.58 Å². The number of amides is 1. The number of carbonyl (C=O) groups excluding carboxylic acids is 1. The van der Waals surface area contributed by atoms with Crippen LogP contribution in [0.2, 0.25) is 0 Å². The van der Waals surface area contributed by atoms with E-state index in [1.807, 2.05) is 0 Å². The van der Waals surface area contributed by atoms with Crippen molar-refractivity contribution in [3.8, 4) is 0 Å². The highest BCUT2D eigenvalue weighted by Crippen LogP contribution is 2.19. The van der Waals surface area contributed by atoms with Crippen LogP contribution < -0.4 is 5.32 Å². The first-order chi connectivity index (χ1) is 8.88. The van der Waals surface area contributed by atoms with E-state index >= 15 is 0 Å². The van der Waals surface area contributed by atoms with Crippen LogP contribution in [-0.2, 0) is 4.79 Å². The zero-order valence-electron chi connectivity index (χ0n) is 10.1. The molecular formula is C10H12N4O5. The third kappa shape index (κ3) is 3.15. The summed E-state index contributed by atoms with van der Waals surface area (Å²) in [5, 5.41) is 25.5. The Morgan fingerprint density at radius 2 is 2.37 bits per heavy atom. The van der Waals surface area contributed by atoms with Crippen molar-refractivity contribution >= 4 is 17.6 Å². The summed E-state index contributed by atoms with van der Waals surface area (Å²) in [6.45, 7) is 5.10. The van der Waals surface area contributed by atoms with E-state index < -0.39 is 34.2 Å². The third-order valence-corrected chi connectivity index (χ3v) is 2.31. The van der Waals surface area contributed by atoms with E-state index in [0.717, 1.165) is 10.9 Å². The van der Waals surface area contributed by atoms with E-state index in [1.165, 1.54) is 13.0 Å². The molecule has 0 saturated carbocycles. The Labute approximate surface area is 107 Å². The van der Waals surface area contributed by atoms with E-state index in [1.54, 1.807) is 0 Å². The molecule has 0 aromatic carbocycles. The first-order valence-corrected chi connectivity index (χ1v) is 5.24. The van der Waals surface area contributed by atoms with Gasteiger partial charge in [-0.2, -0.15) is 5.10 Å². The number of carbonyl (C=O) groups is 2. The van der Waals surface area contributed by atoms with Crippen molar-refractivity contribution in [1.82, 2.24) is 15.1 Å². The molecule has 0 radical (unpaired) electrons. The maximum atomic E-state index is 11.6. The fraction of sp³-hybridized carbons (Fsp3) is 0.300. The number of hydrogen-bond donors (Lipinski definition) is 2. The zero-order chi connectivity index (χ0) is 14.6. The van der Waals surface area contributed by atoms with Gasteiger partial charge in [0.25, 0.3) is 0 Å². The molecule has 0 saturated heterocycles. The predicted molar refractivity (Wildman–Crippen MR) is 63.8 cm³/mol. The maximum absolute atomic E-state index is 11.6. The topological polar surface area (TPSA) is 127 Å². The molecule has 1 heterocycles. The van der Waals surface area contributed by atoms with E-state index in [0.29, 0.717) is 0 Å². The summed E-state index contributed by atoms with van der Waals surface area (Å²) < 4.78 is 0.944. The van der Waals surface area contributed by atoms with Crippen LogP contribution in [-0.4, -0.2) is 38.2 Å². The molecule has 0 bridgehead atoms. The van der Waals surface area contributed by atoms with Crippen molar-refractivity contribution < 1.29 is 19.6 Å². The summed E-state index contributed by atoms with van der Waals surface area (Å²) in [5.74, 6) is -1.97. The highest BCUT2D eigenvalue weighted by Gasteiger charge is 2.28. The average Bonchev–Trinajstić information content (AvgIpc) is 2.80. The van der Waals surface area contributed by atoms with Crippen LogP contribution in [0.4, 0.5) is 5.69 Å². The van der Waals surface area contributed by atoms with Crippen molar-refractivity contribution in [3.05, 3.63) is 34.7 Å². The van der Waals surface area contributed by atoms with Gasteiger partial charge in [0, 0.05) is 6.54 Å². The molecule has 1 unspecified atom stereocenters. The molecule has 1 amide bonds. The van der Waals surface area contributed by atoms with Crippen molar-refractivity contribution in [3.63, 3.8) is 0 Å². The predicted octanol–water partition coefficient (Wildman–Crippen LogP) is 0.353. The smallest absolute Gasteiger partial charge is 0.363 e. The lowest BCUT2D eigenvalue weighted by molar-refractivity contribution is -0.385. The van der Waals surface area contributed by atoms with Crippen molar-refractivity contribution in [1.29, 1.82) is 0 Å². The van der Waals surface area contributed by atoms with Gasteiger partial charge in [-0.3, -0.25) is 19.6 Å². The van der Waals surface area contributed by atoms with Gasteiger partial charge in [-0.05, 0) is 6.92 Å². The summed E-state index contributed by atoms with van der Waals surface area (Å²) in [6.07, 6.45) is 2.39. The Kier molecular flexibility index (Phi) is 4.35. The SMILES string of the molecule is C=CCNC(=O)C(C)n1cc([N+](=O)[O-])c(C(=O)O)n1. The van der Waals surface area contributed by atoms with E-state index in [-0.39, 0.29) is 6.54 Å². The van der Waals surface area contributed by atoms with Gasteiger partial charge in [-0.25, -0.2) is 4.79 Å². The number of nitro groups is 1. The second kappa shape index (κ2) is 5.76. The van der Waals surface area contributed by atoms with Gasteiger partial charge < -0.3 is 10.4 Å². The van der Waals surface area contributed by atoms with E-state index in [4.69, 9.17) is 5.11 Å². The molecule has 1 aromatic rings. The first-order valence-electron chi connectivity index (χ1n) is 5.24. The Morgan fingerprint density at radius 3 is 2.79 bits per heavy atom. The minimum absolute atomic E-state index is 0.234. The van der Waals surface area contributed by atoms with Crippen LogP contribution in [0, 0.1) is 10.1 Å². The van der Waals surface area contributed by atoms with Crippen LogP contribution in [0.5, 0.6) is 0 Å². The largest absolute Gasteiger partial charge is 0.476 e. The van der Waals surface area contributed by atoms with Crippen molar-refractivity contribution in [2.24, 2.45) is 0 Å². The Morgan fingerprint density at radius 1 is 1.74 bits per heavy atom. The Hall–Kier alpha value is -2.71. The molecule has 0 fully saturated rings. The molecule has 102 valence electrons. The highest BCUT2D eigenvalue weighted by molar-refractivity contribution is 5.90. The van der Waals surface area contributed by atoms with Crippen LogP contribution >= 0.6 is 0 Å². The van der Waals surface area contributed by atoms with Gasteiger partial charge in [0.15, 0.2) is 0 Å². The number of hydrogen-bond acceptors (Lipinski definition) is 5. The van der Waals surface area contributed by atoms with E-state index in [9.17, 15) is 19.7 Å². The van der Waals surface area contributed by atoms with Crippen LogP contribution in [0.1, 0.15) is 23.5 Å². The molecule has 2 N–H and O–H groups in total. The minimum atomic E-state index is -1.52. The Balaban J connectivity index is 3.04. The molecule has 0 spiro atoms. The van der Waals surface area contributed by atoms with Gasteiger partial charge in [0.05, 0.1) is 4.92 Å². The molecule has 0 aliphatic rings. The number of nitrogens with one attached hydrogen (secondary N) is 1. The molecule has 9 heteroatoms. The number of nitrogens with zero attached hydrogens (tertiary/aromatic N) is 3. The normalized spacial score (nSPS) is 11.6. The van der Waals surface area contributed by atoms with Crippen molar-refractivity contribution in [2.75, 3.05) is 6.54 Å². The number of aromatic nitrogens is 2. The number of rotatable bonds is 6. The van der Waals surface area contributed by atoms with Crippen LogP contribution in [0.15, 0.2) is 18.9 Å². The molecule has 1 aromatic heterocycles. The summed E-state index contributed by atoms with van der Waals surface area (Å²) in [6, 6.07) is -0.869. The summed E-state index contributed by atoms with van der Waals surface area (Å²) in [5.41, 5.74) is -1.36. The molecule has 1 atom stereocenters. The van der Waals surface area contributed by atoms with Gasteiger partial charge in [0.2, 0.25) is 11.6 Å². The quantitative estimate of drug-likeness (QED) is 0.435. The lowest BCUT2D eigenvalue weighted by Gasteiger charge is -2.10. The van der Waals surface area contributed by atoms with E-state index in [2.05, 4.69) is 17.0 Å². The molecule has 0 aliphatic carbocycles. The molecular weight excluding hydrogens is 256 g/mol. The molecule has 9 nitrogen and oxygen atoms in total. The van der Waals surface area contributed by atoms with Crippen molar-refractivity contribution in [2.45, 2.75) is 13.0 Å². The van der Waals surface area contributed by atoms with Gasteiger partial charge in [-0.1, -0.05) is 6.08 Å². The molecule has 19 heavy (non-hydrogen) atoms. The lowest BCUT2D eigenvalue weighted by Crippen LogP contribution is -2.31. The number of carboxylic acid groups (broad SMARTS) is 1. The second-order valence-electron chi connectivity index (χ2n) is 3.62. The minimum Gasteiger partial charge on any atom is -0.476 e. The Bertz CT molecular complexity index is 505. The molecule has 1 rings (SSSR count). The monoisotopic (exact) mass is 268 g/mol. The average molecular weight is 268 g/mol. The fourth-order valence-corrected chi connectivity index (χ4v) is 1.31.